The van der Waals surface area contributed by atoms with Gasteiger partial charge in [-0.3, -0.25) is 14.9 Å². The van der Waals surface area contributed by atoms with E-state index < -0.39 is 10.8 Å². The number of carbonyl (C=O) groups is 1. The average Bonchev–Trinajstić information content (AvgIpc) is 3.22. The molecular formula is C22H17N3O6. The summed E-state index contributed by atoms with van der Waals surface area (Å²) in [4.78, 5) is 27.6. The topological polar surface area (TPSA) is 117 Å². The van der Waals surface area contributed by atoms with Gasteiger partial charge in [0.1, 0.15) is 11.3 Å². The molecule has 31 heavy (non-hydrogen) atoms. The van der Waals surface area contributed by atoms with Crippen LogP contribution in [0, 0.1) is 10.1 Å². The number of amides is 1. The highest BCUT2D eigenvalue weighted by Gasteiger charge is 2.18. The molecule has 9 heteroatoms. The second-order valence-electron chi connectivity index (χ2n) is 6.53. The summed E-state index contributed by atoms with van der Waals surface area (Å²) in [5.74, 6) is 0.746. The van der Waals surface area contributed by atoms with Crippen molar-refractivity contribution in [1.82, 2.24) is 4.98 Å². The van der Waals surface area contributed by atoms with E-state index in [0.717, 1.165) is 11.3 Å². The first kappa shape index (κ1) is 19.9. The van der Waals surface area contributed by atoms with Crippen LogP contribution in [-0.2, 0) is 0 Å². The minimum atomic E-state index is -0.599. The third kappa shape index (κ3) is 4.01. The van der Waals surface area contributed by atoms with E-state index >= 15 is 0 Å². The van der Waals surface area contributed by atoms with E-state index in [-0.39, 0.29) is 17.0 Å². The number of anilines is 1. The summed E-state index contributed by atoms with van der Waals surface area (Å²) >= 11 is 0. The number of aromatic nitrogens is 1. The van der Waals surface area contributed by atoms with Gasteiger partial charge in [0.15, 0.2) is 11.3 Å². The maximum Gasteiger partial charge on any atom is 0.311 e. The molecule has 0 atom stereocenters. The van der Waals surface area contributed by atoms with Gasteiger partial charge in [-0.05, 0) is 54.6 Å². The summed E-state index contributed by atoms with van der Waals surface area (Å²) in [6.45, 7) is 0. The Morgan fingerprint density at radius 1 is 1.03 bits per heavy atom. The van der Waals surface area contributed by atoms with Crippen LogP contribution in [0.2, 0.25) is 0 Å². The predicted molar refractivity (Wildman–Crippen MR) is 114 cm³/mol. The average molecular weight is 419 g/mol. The quantitative estimate of drug-likeness (QED) is 0.356. The van der Waals surface area contributed by atoms with Crippen LogP contribution in [0.25, 0.3) is 22.6 Å². The Morgan fingerprint density at radius 2 is 1.81 bits per heavy atom. The third-order valence-corrected chi connectivity index (χ3v) is 4.62. The van der Waals surface area contributed by atoms with E-state index in [1.54, 1.807) is 25.3 Å². The smallest absolute Gasteiger partial charge is 0.311 e. The van der Waals surface area contributed by atoms with Crippen LogP contribution in [0.3, 0.4) is 0 Å². The Morgan fingerprint density at radius 3 is 2.48 bits per heavy atom. The Bertz CT molecular complexity index is 1280. The van der Waals surface area contributed by atoms with E-state index in [2.05, 4.69) is 10.3 Å². The lowest BCUT2D eigenvalue weighted by molar-refractivity contribution is -0.385. The Labute approximate surface area is 176 Å². The van der Waals surface area contributed by atoms with Gasteiger partial charge in [-0.15, -0.1) is 0 Å². The Balaban J connectivity index is 1.58. The SMILES string of the molecule is COc1ccc(-c2nc3cc(NC(=O)c4ccc(OC)c([N+](=O)[O-])c4)ccc3o2)cc1. The van der Waals surface area contributed by atoms with Crippen LogP contribution in [-0.4, -0.2) is 30.0 Å². The monoisotopic (exact) mass is 419 g/mol. The number of fused-ring (bicyclic) bond motifs is 1. The number of nitrogens with zero attached hydrogens (tertiary/aromatic N) is 2. The molecule has 9 nitrogen and oxygen atoms in total. The third-order valence-electron chi connectivity index (χ3n) is 4.62. The molecule has 0 aliphatic carbocycles. The first-order valence-corrected chi connectivity index (χ1v) is 9.17. The zero-order chi connectivity index (χ0) is 22.0. The van der Waals surface area contributed by atoms with Gasteiger partial charge in [0.05, 0.1) is 19.1 Å². The van der Waals surface area contributed by atoms with Gasteiger partial charge >= 0.3 is 5.69 Å². The highest BCUT2D eigenvalue weighted by molar-refractivity contribution is 6.05. The minimum Gasteiger partial charge on any atom is -0.497 e. The van der Waals surface area contributed by atoms with Gasteiger partial charge in [-0.25, -0.2) is 4.98 Å². The molecule has 0 saturated heterocycles. The van der Waals surface area contributed by atoms with E-state index in [0.29, 0.717) is 22.7 Å². The fourth-order valence-electron chi connectivity index (χ4n) is 3.04. The van der Waals surface area contributed by atoms with Crippen LogP contribution < -0.4 is 14.8 Å². The number of ether oxygens (including phenoxy) is 2. The van der Waals surface area contributed by atoms with E-state index in [1.807, 2.05) is 24.3 Å². The molecule has 4 rings (SSSR count). The molecule has 0 aliphatic rings. The highest BCUT2D eigenvalue weighted by Crippen LogP contribution is 2.29. The number of nitrogens with one attached hydrogen (secondary N) is 1. The Hall–Kier alpha value is -4.40. The zero-order valence-corrected chi connectivity index (χ0v) is 16.6. The molecule has 156 valence electrons. The first-order valence-electron chi connectivity index (χ1n) is 9.17. The van der Waals surface area contributed by atoms with Crippen LogP contribution in [0.4, 0.5) is 11.4 Å². The van der Waals surface area contributed by atoms with E-state index in [4.69, 9.17) is 13.9 Å². The van der Waals surface area contributed by atoms with Crippen molar-refractivity contribution >= 4 is 28.4 Å². The van der Waals surface area contributed by atoms with Gasteiger partial charge in [-0.2, -0.15) is 0 Å². The number of carbonyl (C=O) groups excluding carboxylic acids is 1. The highest BCUT2D eigenvalue weighted by atomic mass is 16.6. The van der Waals surface area contributed by atoms with Gasteiger partial charge in [0, 0.05) is 22.9 Å². The van der Waals surface area contributed by atoms with Crippen LogP contribution in [0.5, 0.6) is 11.5 Å². The number of hydrogen-bond donors (Lipinski definition) is 1. The minimum absolute atomic E-state index is 0.0802. The van der Waals surface area contributed by atoms with Crippen molar-refractivity contribution in [2.75, 3.05) is 19.5 Å². The molecule has 1 aromatic heterocycles. The fourth-order valence-corrected chi connectivity index (χ4v) is 3.04. The molecule has 0 fully saturated rings. The van der Waals surface area contributed by atoms with Gasteiger partial charge in [-0.1, -0.05) is 0 Å². The summed E-state index contributed by atoms with van der Waals surface area (Å²) in [5, 5.41) is 13.9. The van der Waals surface area contributed by atoms with Crippen molar-refractivity contribution in [3.05, 3.63) is 76.3 Å². The summed E-state index contributed by atoms with van der Waals surface area (Å²) in [7, 11) is 2.92. The lowest BCUT2D eigenvalue weighted by atomic mass is 10.1. The zero-order valence-electron chi connectivity index (χ0n) is 16.6. The summed E-state index contributed by atoms with van der Waals surface area (Å²) < 4.78 is 15.9. The maximum atomic E-state index is 12.6. The second kappa shape index (κ2) is 8.15. The lowest BCUT2D eigenvalue weighted by Gasteiger charge is -2.06. The number of rotatable bonds is 6. The second-order valence-corrected chi connectivity index (χ2v) is 6.53. The van der Waals surface area contributed by atoms with Crippen LogP contribution >= 0.6 is 0 Å². The predicted octanol–water partition coefficient (Wildman–Crippen LogP) is 4.67. The van der Waals surface area contributed by atoms with Crippen molar-refractivity contribution in [1.29, 1.82) is 0 Å². The number of hydrogen-bond acceptors (Lipinski definition) is 7. The Kier molecular flexibility index (Phi) is 5.23. The molecular weight excluding hydrogens is 402 g/mol. The molecule has 0 unspecified atom stereocenters. The lowest BCUT2D eigenvalue weighted by Crippen LogP contribution is -2.12. The van der Waals surface area contributed by atoms with E-state index in [1.165, 1.54) is 25.3 Å². The standard InChI is InChI=1S/C22H17N3O6/c1-29-16-7-3-13(4-8-16)22-24-17-12-15(6-10-19(17)31-22)23-21(26)14-5-9-20(30-2)18(11-14)25(27)28/h3-12H,1-2H3,(H,23,26). The normalized spacial score (nSPS) is 10.6. The molecule has 3 aromatic carbocycles. The number of nitro benzene ring substituents is 1. The molecule has 0 saturated carbocycles. The number of methoxy groups -OCH3 is 2. The maximum absolute atomic E-state index is 12.6. The molecule has 0 bridgehead atoms. The van der Waals surface area contributed by atoms with Crippen molar-refractivity contribution in [2.45, 2.75) is 0 Å². The molecule has 0 radical (unpaired) electrons. The van der Waals surface area contributed by atoms with Gasteiger partial charge in [0.2, 0.25) is 5.89 Å². The van der Waals surface area contributed by atoms with Crippen molar-refractivity contribution in [3.8, 4) is 23.0 Å². The van der Waals surface area contributed by atoms with Crippen molar-refractivity contribution in [2.24, 2.45) is 0 Å². The molecule has 0 spiro atoms. The van der Waals surface area contributed by atoms with Crippen molar-refractivity contribution in [3.63, 3.8) is 0 Å². The summed E-state index contributed by atoms with van der Waals surface area (Å²) in [5.41, 5.74) is 2.23. The summed E-state index contributed by atoms with van der Waals surface area (Å²) in [6, 6.07) is 16.3. The van der Waals surface area contributed by atoms with E-state index in [9.17, 15) is 14.9 Å². The number of nitro groups is 1. The van der Waals surface area contributed by atoms with Crippen LogP contribution in [0.15, 0.2) is 65.1 Å². The van der Waals surface area contributed by atoms with Gasteiger partial charge < -0.3 is 19.2 Å². The first-order chi connectivity index (χ1) is 15.0. The van der Waals surface area contributed by atoms with Gasteiger partial charge in [0.25, 0.3) is 5.91 Å². The molecule has 1 amide bonds. The molecule has 4 aromatic rings. The van der Waals surface area contributed by atoms with Crippen molar-refractivity contribution < 1.29 is 23.6 Å². The fraction of sp³-hybridized carbons (Fsp3) is 0.0909. The summed E-state index contributed by atoms with van der Waals surface area (Å²) in [6.07, 6.45) is 0. The largest absolute Gasteiger partial charge is 0.497 e. The molecule has 1 N–H and O–H groups in total. The number of benzene rings is 3. The molecule has 1 heterocycles. The molecule has 0 aliphatic heterocycles. The number of oxazole rings is 1. The van der Waals surface area contributed by atoms with Crippen LogP contribution in [0.1, 0.15) is 10.4 Å².